The van der Waals surface area contributed by atoms with Crippen molar-refractivity contribution in [2.75, 3.05) is 13.6 Å². The third-order valence-electron chi connectivity index (χ3n) is 7.59. The monoisotopic (exact) mass is 428 g/mol. The van der Waals surface area contributed by atoms with Crippen molar-refractivity contribution in [3.8, 4) is 0 Å². The molecule has 0 spiro atoms. The van der Waals surface area contributed by atoms with Crippen LogP contribution in [0.25, 0.3) is 11.0 Å². The number of hydrogen-bond acceptors (Lipinski definition) is 3. The summed E-state index contributed by atoms with van der Waals surface area (Å²) in [4.78, 5) is 10.8. The summed E-state index contributed by atoms with van der Waals surface area (Å²) in [5, 5.41) is 3.50. The molecule has 0 bridgehead atoms. The number of H-pyrrole nitrogens is 1. The maximum Gasteiger partial charge on any atom is 0.155 e. The lowest BCUT2D eigenvalue weighted by Gasteiger charge is -2.45. The van der Waals surface area contributed by atoms with Gasteiger partial charge < -0.3 is 10.3 Å². The molecule has 1 aliphatic heterocycles. The second-order valence-corrected chi connectivity index (χ2v) is 10.7. The maximum atomic E-state index is 15.8. The standard InChI is InChI=1S/C26H41FN4/c1-26(2,3)31-17-11-10-14-21(31)19-15-16-20-24(22(19)27)30-25(29-20)23(28-4)18-12-8-6-5-7-9-13-18/h15-16,18,21,23,28H,5-14,17H2,1-4H3,(H,29,30). The van der Waals surface area contributed by atoms with Gasteiger partial charge in [0, 0.05) is 17.1 Å². The molecule has 1 saturated carbocycles. The number of benzene rings is 1. The van der Waals surface area contributed by atoms with Crippen molar-refractivity contribution in [1.29, 1.82) is 0 Å². The van der Waals surface area contributed by atoms with Gasteiger partial charge in [-0.1, -0.05) is 44.6 Å². The number of nitrogens with one attached hydrogen (secondary N) is 2. The van der Waals surface area contributed by atoms with Crippen LogP contribution in [0, 0.1) is 11.7 Å². The first-order chi connectivity index (χ1) is 14.9. The van der Waals surface area contributed by atoms with Crippen molar-refractivity contribution in [3.63, 3.8) is 0 Å². The lowest BCUT2D eigenvalue weighted by Crippen LogP contribution is -2.46. The summed E-state index contributed by atoms with van der Waals surface area (Å²) in [7, 11) is 2.02. The fourth-order valence-corrected chi connectivity index (χ4v) is 5.96. The zero-order valence-corrected chi connectivity index (χ0v) is 19.9. The predicted octanol–water partition coefficient (Wildman–Crippen LogP) is 6.65. The lowest BCUT2D eigenvalue weighted by atomic mass is 9.85. The third-order valence-corrected chi connectivity index (χ3v) is 7.59. The van der Waals surface area contributed by atoms with E-state index >= 15 is 4.39 Å². The Bertz CT molecular complexity index is 860. The molecule has 0 amide bonds. The minimum Gasteiger partial charge on any atom is -0.341 e. The molecule has 4 nitrogen and oxygen atoms in total. The summed E-state index contributed by atoms with van der Waals surface area (Å²) >= 11 is 0. The molecule has 2 aliphatic rings. The van der Waals surface area contributed by atoms with Crippen LogP contribution < -0.4 is 5.32 Å². The largest absolute Gasteiger partial charge is 0.341 e. The first-order valence-corrected chi connectivity index (χ1v) is 12.5. The molecule has 1 aromatic carbocycles. The van der Waals surface area contributed by atoms with Crippen LogP contribution >= 0.6 is 0 Å². The number of likely N-dealkylation sites (tertiary alicyclic amines) is 1. The number of nitrogens with zero attached hydrogens (tertiary/aromatic N) is 2. The number of aromatic nitrogens is 2. The van der Waals surface area contributed by atoms with Gasteiger partial charge >= 0.3 is 0 Å². The number of aromatic amines is 1. The molecule has 2 atom stereocenters. The Hall–Kier alpha value is -1.46. The van der Waals surface area contributed by atoms with Gasteiger partial charge in [0.2, 0.25) is 0 Å². The molecular weight excluding hydrogens is 387 g/mol. The average molecular weight is 429 g/mol. The van der Waals surface area contributed by atoms with Crippen molar-refractivity contribution in [2.24, 2.45) is 5.92 Å². The van der Waals surface area contributed by atoms with E-state index in [0.717, 1.165) is 36.3 Å². The van der Waals surface area contributed by atoms with E-state index < -0.39 is 0 Å². The Labute approximate surface area is 187 Å². The van der Waals surface area contributed by atoms with Crippen LogP contribution in [0.3, 0.4) is 0 Å². The van der Waals surface area contributed by atoms with Gasteiger partial charge in [-0.25, -0.2) is 9.37 Å². The topological polar surface area (TPSA) is 44.0 Å². The van der Waals surface area contributed by atoms with Crippen LogP contribution in [0.1, 0.15) is 108 Å². The highest BCUT2D eigenvalue weighted by Crippen LogP contribution is 2.39. The quantitative estimate of drug-likeness (QED) is 0.573. The summed E-state index contributed by atoms with van der Waals surface area (Å²) in [6, 6.07) is 4.33. The SMILES string of the molecule is CNC(c1nc2c(F)c(C3CCCCN3C(C)(C)C)ccc2[nH]1)C1CCCCCCC1. The summed E-state index contributed by atoms with van der Waals surface area (Å²) < 4.78 is 15.8. The van der Waals surface area contributed by atoms with E-state index in [1.807, 2.05) is 19.2 Å². The molecule has 2 fully saturated rings. The van der Waals surface area contributed by atoms with E-state index in [0.29, 0.717) is 11.4 Å². The molecule has 2 N–H and O–H groups in total. The minimum absolute atomic E-state index is 0.0264. The lowest BCUT2D eigenvalue weighted by molar-refractivity contribution is 0.0493. The van der Waals surface area contributed by atoms with Gasteiger partial charge in [0.1, 0.15) is 11.3 Å². The Morgan fingerprint density at radius 2 is 1.71 bits per heavy atom. The maximum absolute atomic E-state index is 15.8. The summed E-state index contributed by atoms with van der Waals surface area (Å²) in [5.74, 6) is 1.33. The molecule has 4 rings (SSSR count). The summed E-state index contributed by atoms with van der Waals surface area (Å²) in [6.07, 6.45) is 12.4. The highest BCUT2D eigenvalue weighted by atomic mass is 19.1. The van der Waals surface area contributed by atoms with Gasteiger partial charge in [-0.05, 0) is 72.0 Å². The number of imidazole rings is 1. The van der Waals surface area contributed by atoms with Gasteiger partial charge in [-0.2, -0.15) is 0 Å². The number of piperidine rings is 1. The Morgan fingerprint density at radius 1 is 1.03 bits per heavy atom. The highest BCUT2D eigenvalue weighted by molar-refractivity contribution is 5.77. The highest BCUT2D eigenvalue weighted by Gasteiger charge is 2.34. The fourth-order valence-electron chi connectivity index (χ4n) is 5.96. The van der Waals surface area contributed by atoms with Gasteiger partial charge in [0.15, 0.2) is 5.82 Å². The van der Waals surface area contributed by atoms with Crippen LogP contribution in [0.5, 0.6) is 0 Å². The second-order valence-electron chi connectivity index (χ2n) is 10.7. The van der Waals surface area contributed by atoms with Crippen molar-refractivity contribution in [1.82, 2.24) is 20.2 Å². The Balaban J connectivity index is 1.65. The number of hydrogen-bond donors (Lipinski definition) is 2. The van der Waals surface area contributed by atoms with E-state index in [-0.39, 0.29) is 23.4 Å². The Kier molecular flexibility index (Phi) is 7.02. The molecule has 0 radical (unpaired) electrons. The van der Waals surface area contributed by atoms with Gasteiger partial charge in [0.05, 0.1) is 11.6 Å². The van der Waals surface area contributed by atoms with Crippen molar-refractivity contribution >= 4 is 11.0 Å². The smallest absolute Gasteiger partial charge is 0.155 e. The predicted molar refractivity (Wildman–Crippen MR) is 127 cm³/mol. The fraction of sp³-hybridized carbons (Fsp3) is 0.731. The summed E-state index contributed by atoms with van der Waals surface area (Å²) in [5.41, 5.74) is 2.17. The first kappa shape index (κ1) is 22.7. The molecule has 172 valence electrons. The molecule has 1 aliphatic carbocycles. The second kappa shape index (κ2) is 9.58. The van der Waals surface area contributed by atoms with E-state index in [1.54, 1.807) is 0 Å². The third kappa shape index (κ3) is 4.83. The molecule has 2 heterocycles. The van der Waals surface area contributed by atoms with E-state index in [9.17, 15) is 0 Å². The molecule has 1 aromatic heterocycles. The molecule has 2 unspecified atom stereocenters. The molecular formula is C26H41FN4. The van der Waals surface area contributed by atoms with Crippen LogP contribution in [-0.2, 0) is 0 Å². The summed E-state index contributed by atoms with van der Waals surface area (Å²) in [6.45, 7) is 7.74. The van der Waals surface area contributed by atoms with Crippen molar-refractivity contribution < 1.29 is 4.39 Å². The normalized spacial score (nSPS) is 23.6. The van der Waals surface area contributed by atoms with Gasteiger partial charge in [0.25, 0.3) is 0 Å². The number of fused-ring (bicyclic) bond motifs is 1. The van der Waals surface area contributed by atoms with Crippen molar-refractivity contribution in [3.05, 3.63) is 29.3 Å². The van der Waals surface area contributed by atoms with Crippen LogP contribution in [0.2, 0.25) is 0 Å². The first-order valence-electron chi connectivity index (χ1n) is 12.5. The molecule has 1 saturated heterocycles. The van der Waals surface area contributed by atoms with Crippen molar-refractivity contribution in [2.45, 2.75) is 103 Å². The van der Waals surface area contributed by atoms with Gasteiger partial charge in [-0.3, -0.25) is 4.90 Å². The number of rotatable bonds is 4. The zero-order chi connectivity index (χ0) is 22.0. The van der Waals surface area contributed by atoms with Crippen LogP contribution in [-0.4, -0.2) is 34.0 Å². The van der Waals surface area contributed by atoms with Crippen LogP contribution in [0.4, 0.5) is 4.39 Å². The van der Waals surface area contributed by atoms with E-state index in [1.165, 1.54) is 51.4 Å². The zero-order valence-electron chi connectivity index (χ0n) is 19.9. The molecule has 5 heteroatoms. The van der Waals surface area contributed by atoms with Gasteiger partial charge in [-0.15, -0.1) is 0 Å². The minimum atomic E-state index is -0.131. The Morgan fingerprint density at radius 3 is 2.39 bits per heavy atom. The average Bonchev–Trinajstić information content (AvgIpc) is 3.14. The van der Waals surface area contributed by atoms with Crippen LogP contribution in [0.15, 0.2) is 12.1 Å². The van der Waals surface area contributed by atoms with E-state index in [4.69, 9.17) is 4.98 Å². The molecule has 31 heavy (non-hydrogen) atoms. The molecule has 2 aromatic rings. The van der Waals surface area contributed by atoms with E-state index in [2.05, 4.69) is 36.0 Å². The number of halogens is 1.